The van der Waals surface area contributed by atoms with E-state index in [4.69, 9.17) is 0 Å². The van der Waals surface area contributed by atoms with E-state index in [0.717, 1.165) is 18.8 Å². The molecule has 0 bridgehead atoms. The lowest BCUT2D eigenvalue weighted by molar-refractivity contribution is -0.120. The van der Waals surface area contributed by atoms with Gasteiger partial charge in [-0.2, -0.15) is 0 Å². The molecule has 1 N–H and O–H groups in total. The van der Waals surface area contributed by atoms with Crippen LogP contribution in [0.4, 0.5) is 5.69 Å². The summed E-state index contributed by atoms with van der Waals surface area (Å²) in [6.07, 6.45) is 2.61. The molecule has 4 heteroatoms. The SMILES string of the molecule is CCN(CCNC(=O)CCSC=Cc1ccccc1)c1cccc(C)c1. The first-order valence-corrected chi connectivity index (χ1v) is 10.2. The molecule has 0 heterocycles. The van der Waals surface area contributed by atoms with Gasteiger partial charge in [-0.1, -0.05) is 42.5 Å². The number of rotatable bonds is 10. The van der Waals surface area contributed by atoms with Crippen molar-refractivity contribution in [3.8, 4) is 0 Å². The van der Waals surface area contributed by atoms with Gasteiger partial charge < -0.3 is 10.2 Å². The number of likely N-dealkylation sites (N-methyl/N-ethyl adjacent to an activating group) is 1. The Bertz CT molecular complexity index is 700. The predicted octanol–water partition coefficient (Wildman–Crippen LogP) is 4.73. The Morgan fingerprint density at radius 3 is 2.69 bits per heavy atom. The largest absolute Gasteiger partial charge is 0.370 e. The summed E-state index contributed by atoms with van der Waals surface area (Å²) >= 11 is 1.67. The van der Waals surface area contributed by atoms with Crippen molar-refractivity contribution in [2.75, 3.05) is 30.3 Å². The van der Waals surface area contributed by atoms with E-state index in [0.29, 0.717) is 13.0 Å². The monoisotopic (exact) mass is 368 g/mol. The van der Waals surface area contributed by atoms with Crippen molar-refractivity contribution in [1.82, 2.24) is 5.32 Å². The van der Waals surface area contributed by atoms with E-state index >= 15 is 0 Å². The summed E-state index contributed by atoms with van der Waals surface area (Å²) in [7, 11) is 0. The molecule has 0 radical (unpaired) electrons. The maximum absolute atomic E-state index is 12.0. The number of hydrogen-bond donors (Lipinski definition) is 1. The lowest BCUT2D eigenvalue weighted by Gasteiger charge is -2.23. The van der Waals surface area contributed by atoms with Crippen LogP contribution in [0.15, 0.2) is 60.0 Å². The fourth-order valence-corrected chi connectivity index (χ4v) is 3.32. The Morgan fingerprint density at radius 2 is 1.96 bits per heavy atom. The van der Waals surface area contributed by atoms with Gasteiger partial charge in [-0.05, 0) is 48.6 Å². The van der Waals surface area contributed by atoms with Crippen molar-refractivity contribution in [3.05, 3.63) is 71.1 Å². The van der Waals surface area contributed by atoms with E-state index < -0.39 is 0 Å². The van der Waals surface area contributed by atoms with E-state index in [-0.39, 0.29) is 5.91 Å². The number of hydrogen-bond acceptors (Lipinski definition) is 3. The maximum atomic E-state index is 12.0. The van der Waals surface area contributed by atoms with Crippen LogP contribution < -0.4 is 10.2 Å². The van der Waals surface area contributed by atoms with E-state index in [1.165, 1.54) is 16.8 Å². The normalized spacial score (nSPS) is 10.8. The Morgan fingerprint density at radius 1 is 1.15 bits per heavy atom. The van der Waals surface area contributed by atoms with E-state index in [1.807, 2.05) is 18.2 Å². The molecule has 26 heavy (non-hydrogen) atoms. The van der Waals surface area contributed by atoms with Crippen LogP contribution in [-0.4, -0.2) is 31.3 Å². The Balaban J connectivity index is 1.63. The topological polar surface area (TPSA) is 32.3 Å². The first-order valence-electron chi connectivity index (χ1n) is 9.10. The third-order valence-corrected chi connectivity index (χ3v) is 4.82. The lowest BCUT2D eigenvalue weighted by atomic mass is 10.2. The average Bonchev–Trinajstić information content (AvgIpc) is 2.66. The number of nitrogens with zero attached hydrogens (tertiary/aromatic N) is 1. The van der Waals surface area contributed by atoms with Crippen LogP contribution in [0.3, 0.4) is 0 Å². The average molecular weight is 369 g/mol. The van der Waals surface area contributed by atoms with Crippen LogP contribution in [-0.2, 0) is 4.79 Å². The fourth-order valence-electron chi connectivity index (χ4n) is 2.62. The van der Waals surface area contributed by atoms with Gasteiger partial charge in [-0.25, -0.2) is 0 Å². The minimum Gasteiger partial charge on any atom is -0.370 e. The number of thioether (sulfide) groups is 1. The van der Waals surface area contributed by atoms with Gasteiger partial charge >= 0.3 is 0 Å². The number of nitrogens with one attached hydrogen (secondary N) is 1. The summed E-state index contributed by atoms with van der Waals surface area (Å²) in [5.74, 6) is 0.913. The molecule has 2 aromatic carbocycles. The Kier molecular flexibility index (Phi) is 8.84. The Hall–Kier alpha value is -2.20. The summed E-state index contributed by atoms with van der Waals surface area (Å²) in [5, 5.41) is 5.08. The minimum atomic E-state index is 0.117. The molecule has 0 saturated heterocycles. The second-order valence-electron chi connectivity index (χ2n) is 6.10. The molecule has 0 aliphatic heterocycles. The van der Waals surface area contributed by atoms with Gasteiger partial charge in [0.25, 0.3) is 0 Å². The molecular weight excluding hydrogens is 340 g/mol. The van der Waals surface area contributed by atoms with Crippen LogP contribution in [0.2, 0.25) is 0 Å². The van der Waals surface area contributed by atoms with Gasteiger partial charge in [0.1, 0.15) is 0 Å². The first-order chi connectivity index (χ1) is 12.7. The molecule has 0 atom stereocenters. The van der Waals surface area contributed by atoms with Crippen molar-refractivity contribution in [2.45, 2.75) is 20.3 Å². The summed E-state index contributed by atoms with van der Waals surface area (Å²) in [6, 6.07) is 18.7. The van der Waals surface area contributed by atoms with Gasteiger partial charge in [-0.15, -0.1) is 11.8 Å². The second-order valence-corrected chi connectivity index (χ2v) is 7.12. The summed E-state index contributed by atoms with van der Waals surface area (Å²) in [6.45, 7) is 6.67. The number of anilines is 1. The molecule has 2 aromatic rings. The van der Waals surface area contributed by atoms with Crippen LogP contribution >= 0.6 is 11.8 Å². The lowest BCUT2D eigenvalue weighted by Crippen LogP contribution is -2.35. The highest BCUT2D eigenvalue weighted by Crippen LogP contribution is 2.15. The molecule has 0 unspecified atom stereocenters. The van der Waals surface area contributed by atoms with E-state index in [1.54, 1.807) is 11.8 Å². The number of carbonyl (C=O) groups is 1. The van der Waals surface area contributed by atoms with Crippen molar-refractivity contribution in [1.29, 1.82) is 0 Å². The molecule has 0 saturated carbocycles. The summed E-state index contributed by atoms with van der Waals surface area (Å²) in [4.78, 5) is 14.3. The van der Waals surface area contributed by atoms with Crippen LogP contribution in [0, 0.1) is 6.92 Å². The number of aryl methyl sites for hydroxylation is 1. The quantitative estimate of drug-likeness (QED) is 0.615. The third-order valence-electron chi connectivity index (χ3n) is 4.06. The van der Waals surface area contributed by atoms with Gasteiger partial charge in [0.15, 0.2) is 0 Å². The van der Waals surface area contributed by atoms with Crippen molar-refractivity contribution in [3.63, 3.8) is 0 Å². The van der Waals surface area contributed by atoms with Crippen molar-refractivity contribution in [2.24, 2.45) is 0 Å². The summed E-state index contributed by atoms with van der Waals surface area (Å²) < 4.78 is 0. The molecule has 138 valence electrons. The van der Waals surface area contributed by atoms with Gasteiger partial charge in [0, 0.05) is 37.5 Å². The molecule has 0 spiro atoms. The molecule has 2 rings (SSSR count). The molecule has 0 aliphatic rings. The molecular formula is C22H28N2OS. The van der Waals surface area contributed by atoms with Gasteiger partial charge in [0.05, 0.1) is 0 Å². The first kappa shape index (κ1) is 20.1. The smallest absolute Gasteiger partial charge is 0.220 e. The number of benzene rings is 2. The zero-order valence-electron chi connectivity index (χ0n) is 15.7. The van der Waals surface area contributed by atoms with Crippen LogP contribution in [0.1, 0.15) is 24.5 Å². The minimum absolute atomic E-state index is 0.117. The molecule has 3 nitrogen and oxygen atoms in total. The highest BCUT2D eigenvalue weighted by Gasteiger charge is 2.05. The molecule has 0 fully saturated rings. The third kappa shape index (κ3) is 7.36. The number of carbonyl (C=O) groups excluding carboxylic acids is 1. The molecule has 0 aliphatic carbocycles. The zero-order valence-corrected chi connectivity index (χ0v) is 16.5. The van der Waals surface area contributed by atoms with Crippen molar-refractivity contribution >= 4 is 29.4 Å². The molecule has 1 amide bonds. The van der Waals surface area contributed by atoms with E-state index in [2.05, 4.69) is 71.9 Å². The maximum Gasteiger partial charge on any atom is 0.220 e. The highest BCUT2D eigenvalue weighted by molar-refractivity contribution is 8.02. The van der Waals surface area contributed by atoms with Gasteiger partial charge in [0.2, 0.25) is 5.91 Å². The highest BCUT2D eigenvalue weighted by atomic mass is 32.2. The molecule has 0 aromatic heterocycles. The summed E-state index contributed by atoms with van der Waals surface area (Å²) in [5.41, 5.74) is 3.65. The van der Waals surface area contributed by atoms with E-state index in [9.17, 15) is 4.79 Å². The van der Waals surface area contributed by atoms with Crippen LogP contribution in [0.5, 0.6) is 0 Å². The second kappa shape index (κ2) is 11.4. The van der Waals surface area contributed by atoms with Crippen LogP contribution in [0.25, 0.3) is 6.08 Å². The fraction of sp³-hybridized carbons (Fsp3) is 0.318. The number of amides is 1. The zero-order chi connectivity index (χ0) is 18.6. The standard InChI is InChI=1S/C22H28N2OS/c1-3-24(21-11-7-8-19(2)18-21)15-14-23-22(25)13-17-26-16-12-20-9-5-4-6-10-20/h4-12,16,18H,3,13-15,17H2,1-2H3,(H,23,25). The predicted molar refractivity (Wildman–Crippen MR) is 115 cm³/mol. The van der Waals surface area contributed by atoms with Crippen molar-refractivity contribution < 1.29 is 4.79 Å². The van der Waals surface area contributed by atoms with Gasteiger partial charge in [-0.3, -0.25) is 4.79 Å². The Labute approximate surface area is 161 Å².